The van der Waals surface area contributed by atoms with Crippen LogP contribution in [0.15, 0.2) is 89.4 Å². The van der Waals surface area contributed by atoms with Gasteiger partial charge in [-0.2, -0.15) is 0 Å². The lowest BCUT2D eigenvalue weighted by molar-refractivity contribution is 1.28. The summed E-state index contributed by atoms with van der Waals surface area (Å²) >= 11 is 3.86. The van der Waals surface area contributed by atoms with Gasteiger partial charge in [-0.25, -0.2) is 0 Å². The molecule has 130 valence electrons. The maximum atomic E-state index is 3.86. The Bertz CT molecular complexity index is 1480. The molecule has 0 aromatic heterocycles. The summed E-state index contributed by atoms with van der Waals surface area (Å²) in [6, 6.07) is 31.0. The Hall–Kier alpha value is -3.10. The standard InChI is InChI=1S/C26H14BrN/c27-21-14-20-18-9-3-6-15-7-4-13-23(24(15)18)28-22-12-2-1-8-16(22)17-10-5-11-19(21)25(17)26(20)28/h1-14H. The second kappa shape index (κ2) is 5.03. The molecule has 28 heavy (non-hydrogen) atoms. The molecule has 0 unspecified atom stereocenters. The van der Waals surface area contributed by atoms with E-state index in [4.69, 9.17) is 0 Å². The fourth-order valence-corrected chi connectivity index (χ4v) is 5.63. The quantitative estimate of drug-likeness (QED) is 0.239. The summed E-state index contributed by atoms with van der Waals surface area (Å²) in [7, 11) is 0. The average molecular weight is 420 g/mol. The van der Waals surface area contributed by atoms with Crippen molar-refractivity contribution in [2.45, 2.75) is 0 Å². The highest BCUT2D eigenvalue weighted by Gasteiger charge is 2.33. The Morgan fingerprint density at radius 2 is 1.25 bits per heavy atom. The minimum Gasteiger partial charge on any atom is -0.308 e. The predicted molar refractivity (Wildman–Crippen MR) is 122 cm³/mol. The van der Waals surface area contributed by atoms with Gasteiger partial charge in [-0.05, 0) is 40.1 Å². The van der Waals surface area contributed by atoms with E-state index in [1.807, 2.05) is 0 Å². The first-order valence-corrected chi connectivity index (χ1v) is 10.3. The summed E-state index contributed by atoms with van der Waals surface area (Å²) in [5.41, 5.74) is 9.05. The number of hydrogen-bond acceptors (Lipinski definition) is 1. The van der Waals surface area contributed by atoms with Crippen molar-refractivity contribution >= 4 is 54.5 Å². The van der Waals surface area contributed by atoms with Crippen LogP contribution in [0.2, 0.25) is 0 Å². The predicted octanol–water partition coefficient (Wildman–Crippen LogP) is 8.19. The van der Waals surface area contributed by atoms with E-state index in [1.54, 1.807) is 0 Å². The molecule has 5 aromatic carbocycles. The molecule has 2 aliphatic heterocycles. The molecule has 0 radical (unpaired) electrons. The summed E-state index contributed by atoms with van der Waals surface area (Å²) in [5, 5.41) is 5.21. The molecular formula is C26H14BrN. The van der Waals surface area contributed by atoms with Crippen LogP contribution in [0.1, 0.15) is 0 Å². The monoisotopic (exact) mass is 419 g/mol. The molecule has 0 aliphatic carbocycles. The molecule has 2 aliphatic rings. The first-order valence-electron chi connectivity index (χ1n) is 9.50. The number of rotatable bonds is 0. The number of benzene rings is 5. The lowest BCUT2D eigenvalue weighted by Gasteiger charge is -2.39. The Morgan fingerprint density at radius 3 is 2.14 bits per heavy atom. The molecule has 7 rings (SSSR count). The van der Waals surface area contributed by atoms with Gasteiger partial charge in [0.25, 0.3) is 0 Å². The van der Waals surface area contributed by atoms with Gasteiger partial charge in [0, 0.05) is 26.4 Å². The fourth-order valence-electron chi connectivity index (χ4n) is 5.08. The van der Waals surface area contributed by atoms with Crippen molar-refractivity contribution in [3.63, 3.8) is 0 Å². The molecule has 0 spiro atoms. The van der Waals surface area contributed by atoms with E-state index in [1.165, 1.54) is 60.9 Å². The largest absolute Gasteiger partial charge is 0.308 e. The van der Waals surface area contributed by atoms with Crippen LogP contribution in [-0.2, 0) is 0 Å². The number of hydrogen-bond donors (Lipinski definition) is 0. The van der Waals surface area contributed by atoms with E-state index >= 15 is 0 Å². The third-order valence-corrected chi connectivity index (χ3v) is 6.81. The number of para-hydroxylation sites is 1. The molecule has 0 fully saturated rings. The number of fused-ring (bicyclic) bond motifs is 5. The van der Waals surface area contributed by atoms with Gasteiger partial charge in [-0.3, -0.25) is 0 Å². The van der Waals surface area contributed by atoms with Crippen molar-refractivity contribution in [3.8, 4) is 22.3 Å². The summed E-state index contributed by atoms with van der Waals surface area (Å²) < 4.78 is 1.15. The zero-order valence-corrected chi connectivity index (χ0v) is 16.5. The van der Waals surface area contributed by atoms with Gasteiger partial charge in [-0.1, -0.05) is 82.7 Å². The minimum absolute atomic E-state index is 1.15. The van der Waals surface area contributed by atoms with Gasteiger partial charge in [0.05, 0.1) is 17.1 Å². The third kappa shape index (κ3) is 1.64. The van der Waals surface area contributed by atoms with Crippen molar-refractivity contribution < 1.29 is 0 Å². The van der Waals surface area contributed by atoms with Gasteiger partial charge in [0.1, 0.15) is 0 Å². The van der Waals surface area contributed by atoms with Crippen LogP contribution >= 0.6 is 15.9 Å². The molecule has 5 aromatic rings. The van der Waals surface area contributed by atoms with Crippen LogP contribution in [0.25, 0.3) is 43.8 Å². The van der Waals surface area contributed by atoms with E-state index in [-0.39, 0.29) is 0 Å². The van der Waals surface area contributed by atoms with Gasteiger partial charge in [0.2, 0.25) is 0 Å². The molecule has 0 saturated carbocycles. The van der Waals surface area contributed by atoms with E-state index in [9.17, 15) is 0 Å². The van der Waals surface area contributed by atoms with Crippen LogP contribution < -0.4 is 4.90 Å². The van der Waals surface area contributed by atoms with Crippen molar-refractivity contribution in [2.24, 2.45) is 0 Å². The first-order chi connectivity index (χ1) is 13.8. The smallest absolute Gasteiger partial charge is 0.0626 e. The minimum atomic E-state index is 1.15. The molecular weight excluding hydrogens is 406 g/mol. The maximum absolute atomic E-state index is 3.86. The van der Waals surface area contributed by atoms with Crippen molar-refractivity contribution in [1.29, 1.82) is 0 Å². The lowest BCUT2D eigenvalue weighted by atomic mass is 9.83. The summed E-state index contributed by atoms with van der Waals surface area (Å²) in [6.45, 7) is 0. The average Bonchev–Trinajstić information content (AvgIpc) is 2.75. The molecule has 0 amide bonds. The lowest BCUT2D eigenvalue weighted by Crippen LogP contribution is -2.19. The fraction of sp³-hybridized carbons (Fsp3) is 0. The topological polar surface area (TPSA) is 3.24 Å². The summed E-state index contributed by atoms with van der Waals surface area (Å²) in [5.74, 6) is 0. The van der Waals surface area contributed by atoms with Crippen molar-refractivity contribution in [1.82, 2.24) is 0 Å². The molecule has 0 saturated heterocycles. The molecule has 0 N–H and O–H groups in total. The van der Waals surface area contributed by atoms with Crippen LogP contribution in [0.3, 0.4) is 0 Å². The first kappa shape index (κ1) is 14.9. The van der Waals surface area contributed by atoms with Crippen LogP contribution in [-0.4, -0.2) is 0 Å². The summed E-state index contributed by atoms with van der Waals surface area (Å²) in [6.07, 6.45) is 0. The molecule has 0 atom stereocenters. The zero-order valence-electron chi connectivity index (χ0n) is 14.9. The van der Waals surface area contributed by atoms with E-state index in [0.29, 0.717) is 0 Å². The molecule has 2 heteroatoms. The second-order valence-electron chi connectivity index (χ2n) is 7.52. The van der Waals surface area contributed by atoms with Crippen LogP contribution in [0.4, 0.5) is 17.1 Å². The molecule has 0 bridgehead atoms. The van der Waals surface area contributed by atoms with Gasteiger partial charge < -0.3 is 4.90 Å². The maximum Gasteiger partial charge on any atom is 0.0626 e. The highest BCUT2D eigenvalue weighted by Crippen LogP contribution is 2.59. The highest BCUT2D eigenvalue weighted by molar-refractivity contribution is 9.10. The van der Waals surface area contributed by atoms with Gasteiger partial charge in [0.15, 0.2) is 0 Å². The van der Waals surface area contributed by atoms with Crippen LogP contribution in [0, 0.1) is 0 Å². The normalized spacial score (nSPS) is 13.1. The Kier molecular flexibility index (Phi) is 2.68. The van der Waals surface area contributed by atoms with E-state index in [2.05, 4.69) is 106 Å². The number of anilines is 3. The highest BCUT2D eigenvalue weighted by atomic mass is 79.9. The van der Waals surface area contributed by atoms with Crippen LogP contribution in [0.5, 0.6) is 0 Å². The molecule has 1 nitrogen and oxygen atoms in total. The SMILES string of the molecule is Brc1cc2c3c4c(cccc14)-c1ccccc1N3c1cccc3cccc-2c13. The number of nitrogens with zero attached hydrogens (tertiary/aromatic N) is 1. The van der Waals surface area contributed by atoms with Crippen molar-refractivity contribution in [3.05, 3.63) is 89.4 Å². The van der Waals surface area contributed by atoms with Gasteiger partial charge >= 0.3 is 0 Å². The number of halogens is 1. The molecule has 2 heterocycles. The van der Waals surface area contributed by atoms with E-state index < -0.39 is 0 Å². The Balaban J connectivity index is 1.82. The Labute approximate surface area is 171 Å². The summed E-state index contributed by atoms with van der Waals surface area (Å²) in [4.78, 5) is 2.47. The zero-order chi connectivity index (χ0) is 18.4. The van der Waals surface area contributed by atoms with Crippen molar-refractivity contribution in [2.75, 3.05) is 4.90 Å². The van der Waals surface area contributed by atoms with Gasteiger partial charge in [-0.15, -0.1) is 0 Å². The second-order valence-corrected chi connectivity index (χ2v) is 8.37. The van der Waals surface area contributed by atoms with E-state index in [0.717, 1.165) is 4.47 Å². The third-order valence-electron chi connectivity index (χ3n) is 6.16. The Morgan fingerprint density at radius 1 is 0.571 bits per heavy atom.